The van der Waals surface area contributed by atoms with Crippen LogP contribution >= 0.6 is 0 Å². The fraction of sp³-hybridized carbons (Fsp3) is 0.542. The van der Waals surface area contributed by atoms with Crippen molar-refractivity contribution in [3.63, 3.8) is 0 Å². The minimum atomic E-state index is -0.598. The number of unbranched alkanes of at least 4 members (excludes halogenated alkanes) is 2. The lowest BCUT2D eigenvalue weighted by atomic mass is 9.71. The normalized spacial score (nSPS) is 21.5. The predicted octanol–water partition coefficient (Wildman–Crippen LogP) is 5.00. The highest BCUT2D eigenvalue weighted by Crippen LogP contribution is 2.46. The van der Waals surface area contributed by atoms with Crippen molar-refractivity contribution < 1.29 is 19.1 Å². The maximum absolute atomic E-state index is 13.1. The number of benzene rings is 1. The van der Waals surface area contributed by atoms with Crippen LogP contribution in [0.3, 0.4) is 0 Å². The minimum absolute atomic E-state index is 0.0857. The van der Waals surface area contributed by atoms with Gasteiger partial charge in [-0.15, -0.1) is 0 Å². The number of Topliss-reactive ketones (excluding diaryl/α,β-unsaturated/α-hetero) is 1. The Balaban J connectivity index is 2.02. The monoisotopic (exact) mass is 397 g/mol. The third kappa shape index (κ3) is 4.60. The van der Waals surface area contributed by atoms with Crippen molar-refractivity contribution in [3.05, 3.63) is 41.1 Å². The minimum Gasteiger partial charge on any atom is -0.494 e. The molecular formula is C24H31NO4. The molecule has 1 aromatic carbocycles. The number of rotatable bonds is 8. The summed E-state index contributed by atoms with van der Waals surface area (Å²) in [5, 5.41) is 0. The number of allylic oxidation sites excluding steroid dienone is 2. The standard InChI is InChI=1S/C24H31NO4/c1-4-6-9-15-29-24(27)21-16(3)25-18-12-10-13-19(26)23(18)22(21)17-11-7-8-14-20(17)28-5-2/h7-8,11,14,21-22H,4-6,9-10,12-13,15H2,1-3H3/t21?,22-/m0/s1. The summed E-state index contributed by atoms with van der Waals surface area (Å²) in [6.45, 7) is 6.83. The number of hydrogen-bond donors (Lipinski definition) is 0. The van der Waals surface area contributed by atoms with Gasteiger partial charge < -0.3 is 9.47 Å². The lowest BCUT2D eigenvalue weighted by Crippen LogP contribution is -2.37. The van der Waals surface area contributed by atoms with Gasteiger partial charge in [0.25, 0.3) is 0 Å². The third-order valence-electron chi connectivity index (χ3n) is 5.63. The molecule has 2 aliphatic rings. The van der Waals surface area contributed by atoms with Gasteiger partial charge in [-0.05, 0) is 39.2 Å². The molecule has 0 spiro atoms. The van der Waals surface area contributed by atoms with Crippen molar-refractivity contribution in [3.8, 4) is 5.75 Å². The van der Waals surface area contributed by atoms with Crippen LogP contribution in [0.15, 0.2) is 40.5 Å². The molecule has 0 saturated carbocycles. The third-order valence-corrected chi connectivity index (χ3v) is 5.63. The Bertz CT molecular complexity index is 824. The van der Waals surface area contributed by atoms with Gasteiger partial charge in [-0.3, -0.25) is 14.6 Å². The molecule has 0 aromatic heterocycles. The van der Waals surface area contributed by atoms with Gasteiger partial charge in [0.05, 0.1) is 13.2 Å². The molecule has 1 unspecified atom stereocenters. The number of carbonyl (C=O) groups is 2. The Morgan fingerprint density at radius 3 is 2.72 bits per heavy atom. The van der Waals surface area contributed by atoms with E-state index in [-0.39, 0.29) is 11.8 Å². The number of ketones is 1. The van der Waals surface area contributed by atoms with Crippen LogP contribution in [-0.2, 0) is 14.3 Å². The maximum Gasteiger partial charge on any atom is 0.315 e. The zero-order valence-electron chi connectivity index (χ0n) is 17.7. The van der Waals surface area contributed by atoms with Crippen molar-refractivity contribution in [2.45, 2.75) is 65.2 Å². The first-order valence-electron chi connectivity index (χ1n) is 10.8. The van der Waals surface area contributed by atoms with Crippen LogP contribution in [0.1, 0.15) is 70.8 Å². The molecule has 0 amide bonds. The van der Waals surface area contributed by atoms with Crippen molar-refractivity contribution in [2.24, 2.45) is 10.9 Å². The number of para-hydroxylation sites is 1. The van der Waals surface area contributed by atoms with Gasteiger partial charge in [-0.25, -0.2) is 0 Å². The molecule has 156 valence electrons. The summed E-state index contributed by atoms with van der Waals surface area (Å²) in [6, 6.07) is 7.69. The van der Waals surface area contributed by atoms with Crippen LogP contribution in [-0.4, -0.2) is 30.7 Å². The van der Waals surface area contributed by atoms with Gasteiger partial charge in [-0.1, -0.05) is 38.0 Å². The largest absolute Gasteiger partial charge is 0.494 e. The molecule has 0 bridgehead atoms. The van der Waals surface area contributed by atoms with E-state index in [1.165, 1.54) is 0 Å². The van der Waals surface area contributed by atoms with Gasteiger partial charge in [0.15, 0.2) is 5.78 Å². The van der Waals surface area contributed by atoms with E-state index in [4.69, 9.17) is 9.47 Å². The quantitative estimate of drug-likeness (QED) is 0.457. The molecule has 1 aliphatic carbocycles. The number of ether oxygens (including phenoxy) is 2. The Hall–Kier alpha value is -2.43. The van der Waals surface area contributed by atoms with E-state index >= 15 is 0 Å². The molecular weight excluding hydrogens is 366 g/mol. The molecule has 2 atom stereocenters. The first kappa shape index (κ1) is 21.3. The molecule has 0 radical (unpaired) electrons. The van der Waals surface area contributed by atoms with Crippen LogP contribution in [0.25, 0.3) is 0 Å². The first-order chi connectivity index (χ1) is 14.1. The maximum atomic E-state index is 13.1. The molecule has 5 nitrogen and oxygen atoms in total. The highest BCUT2D eigenvalue weighted by Gasteiger charge is 2.44. The average Bonchev–Trinajstić information content (AvgIpc) is 2.71. The molecule has 0 fully saturated rings. The number of esters is 1. The second-order valence-electron chi connectivity index (χ2n) is 7.69. The predicted molar refractivity (Wildman–Crippen MR) is 113 cm³/mol. The zero-order chi connectivity index (χ0) is 20.8. The molecule has 1 aliphatic heterocycles. The summed E-state index contributed by atoms with van der Waals surface area (Å²) < 4.78 is 11.5. The first-order valence-corrected chi connectivity index (χ1v) is 10.8. The summed E-state index contributed by atoms with van der Waals surface area (Å²) in [5.41, 5.74) is 3.08. The lowest BCUT2D eigenvalue weighted by molar-refractivity contribution is -0.146. The van der Waals surface area contributed by atoms with Crippen molar-refractivity contribution in [1.82, 2.24) is 0 Å². The Morgan fingerprint density at radius 2 is 1.97 bits per heavy atom. The highest BCUT2D eigenvalue weighted by molar-refractivity contribution is 6.09. The second-order valence-corrected chi connectivity index (χ2v) is 7.69. The fourth-order valence-electron chi connectivity index (χ4n) is 4.29. The van der Waals surface area contributed by atoms with Crippen LogP contribution < -0.4 is 4.74 Å². The molecule has 5 heteroatoms. The summed E-state index contributed by atoms with van der Waals surface area (Å²) in [4.78, 5) is 30.8. The second kappa shape index (κ2) is 9.86. The molecule has 29 heavy (non-hydrogen) atoms. The van der Waals surface area contributed by atoms with Crippen molar-refractivity contribution in [2.75, 3.05) is 13.2 Å². The SMILES string of the molecule is CCCCCOC(=O)C1C(C)=NC2=C(C(=O)CCC2)[C@H]1c1ccccc1OCC. The van der Waals surface area contributed by atoms with Crippen LogP contribution in [0.2, 0.25) is 0 Å². The number of nitrogens with zero attached hydrogens (tertiary/aromatic N) is 1. The summed E-state index contributed by atoms with van der Waals surface area (Å²) in [5.74, 6) is -0.509. The van der Waals surface area contributed by atoms with E-state index in [2.05, 4.69) is 11.9 Å². The van der Waals surface area contributed by atoms with E-state index in [1.807, 2.05) is 38.1 Å². The van der Waals surface area contributed by atoms with Gasteiger partial charge in [0, 0.05) is 34.9 Å². The van der Waals surface area contributed by atoms with E-state index in [0.29, 0.717) is 31.0 Å². The molecule has 0 N–H and O–H groups in total. The van der Waals surface area contributed by atoms with E-state index in [9.17, 15) is 9.59 Å². The smallest absolute Gasteiger partial charge is 0.315 e. The number of carbonyl (C=O) groups excluding carboxylic acids is 2. The molecule has 0 saturated heterocycles. The lowest BCUT2D eigenvalue weighted by Gasteiger charge is -2.35. The average molecular weight is 398 g/mol. The van der Waals surface area contributed by atoms with Gasteiger partial charge >= 0.3 is 5.97 Å². The van der Waals surface area contributed by atoms with Gasteiger partial charge in [-0.2, -0.15) is 0 Å². The summed E-state index contributed by atoms with van der Waals surface area (Å²) >= 11 is 0. The summed E-state index contributed by atoms with van der Waals surface area (Å²) in [6.07, 6.45) is 5.01. The number of aliphatic imine (C=N–C) groups is 1. The van der Waals surface area contributed by atoms with Crippen molar-refractivity contribution >= 4 is 17.5 Å². The highest BCUT2D eigenvalue weighted by atomic mass is 16.5. The molecule has 1 heterocycles. The Kier molecular flexibility index (Phi) is 7.24. The van der Waals surface area contributed by atoms with Crippen LogP contribution in [0, 0.1) is 5.92 Å². The van der Waals surface area contributed by atoms with E-state index < -0.39 is 11.8 Å². The zero-order valence-corrected chi connectivity index (χ0v) is 17.7. The summed E-state index contributed by atoms with van der Waals surface area (Å²) in [7, 11) is 0. The van der Waals surface area contributed by atoms with Crippen molar-refractivity contribution in [1.29, 1.82) is 0 Å². The molecule has 1 aromatic rings. The Labute approximate surface area is 173 Å². The molecule has 3 rings (SSSR count). The van der Waals surface area contributed by atoms with Gasteiger partial charge in [0.2, 0.25) is 0 Å². The van der Waals surface area contributed by atoms with Crippen LogP contribution in [0.4, 0.5) is 0 Å². The fourth-order valence-corrected chi connectivity index (χ4v) is 4.29. The van der Waals surface area contributed by atoms with Gasteiger partial charge in [0.1, 0.15) is 11.7 Å². The number of hydrogen-bond acceptors (Lipinski definition) is 5. The topological polar surface area (TPSA) is 65.0 Å². The van der Waals surface area contributed by atoms with E-state index in [1.54, 1.807) is 0 Å². The van der Waals surface area contributed by atoms with Crippen LogP contribution in [0.5, 0.6) is 5.75 Å². The Morgan fingerprint density at radius 1 is 1.17 bits per heavy atom. The van der Waals surface area contributed by atoms with E-state index in [0.717, 1.165) is 49.1 Å².